The third-order valence-electron chi connectivity index (χ3n) is 2.39. The lowest BCUT2D eigenvalue weighted by Crippen LogP contribution is -2.23. The van der Waals surface area contributed by atoms with Crippen molar-refractivity contribution >= 4 is 27.5 Å². The quantitative estimate of drug-likeness (QED) is 0.892. The fourth-order valence-corrected chi connectivity index (χ4v) is 1.75. The summed E-state index contributed by atoms with van der Waals surface area (Å²) in [6.45, 7) is 1.95. The molecule has 0 unspecified atom stereocenters. The number of aromatic amines is 1. The highest BCUT2D eigenvalue weighted by molar-refractivity contribution is 9.10. The number of halogens is 1. The number of nitrogens with one attached hydrogen (secondary N) is 2. The molecule has 0 bridgehead atoms. The Hall–Kier alpha value is -1.95. The molecule has 2 aromatic rings. The summed E-state index contributed by atoms with van der Waals surface area (Å²) in [6, 6.07) is 5.41. The summed E-state index contributed by atoms with van der Waals surface area (Å²) in [4.78, 5) is 29.3. The van der Waals surface area contributed by atoms with Gasteiger partial charge in [-0.2, -0.15) is 0 Å². The maximum atomic E-state index is 11.8. The Kier molecular flexibility index (Phi) is 3.57. The summed E-state index contributed by atoms with van der Waals surface area (Å²) in [5.74, 6) is -0.486. The summed E-state index contributed by atoms with van der Waals surface area (Å²) in [5.41, 5.74) is 1.19. The van der Waals surface area contributed by atoms with E-state index in [0.29, 0.717) is 5.69 Å². The molecule has 18 heavy (non-hydrogen) atoms. The van der Waals surface area contributed by atoms with Crippen LogP contribution >= 0.6 is 15.9 Å². The minimum absolute atomic E-state index is 0.0193. The SMILES string of the molecule is Cc1ccc(NC(=O)c2cnc[nH]c2=O)cc1Br. The maximum absolute atomic E-state index is 11.8. The molecule has 0 aliphatic heterocycles. The van der Waals surface area contributed by atoms with E-state index in [1.807, 2.05) is 13.0 Å². The molecule has 0 saturated carbocycles. The number of aromatic nitrogens is 2. The van der Waals surface area contributed by atoms with Crippen LogP contribution in [0.2, 0.25) is 0 Å². The lowest BCUT2D eigenvalue weighted by Gasteiger charge is -2.06. The van der Waals surface area contributed by atoms with Crippen molar-refractivity contribution < 1.29 is 4.79 Å². The zero-order valence-corrected chi connectivity index (χ0v) is 11.1. The number of carbonyl (C=O) groups is 1. The molecule has 0 fully saturated rings. The number of benzene rings is 1. The van der Waals surface area contributed by atoms with Crippen LogP contribution in [0.5, 0.6) is 0 Å². The maximum Gasteiger partial charge on any atom is 0.263 e. The van der Waals surface area contributed by atoms with Crippen molar-refractivity contribution in [1.29, 1.82) is 0 Å². The van der Waals surface area contributed by atoms with Crippen LogP contribution in [-0.2, 0) is 0 Å². The summed E-state index contributed by atoms with van der Waals surface area (Å²) < 4.78 is 0.889. The van der Waals surface area contributed by atoms with E-state index in [2.05, 4.69) is 31.2 Å². The van der Waals surface area contributed by atoms with E-state index in [-0.39, 0.29) is 5.56 Å². The van der Waals surface area contributed by atoms with Crippen molar-refractivity contribution in [3.63, 3.8) is 0 Å². The molecule has 1 aromatic heterocycles. The Morgan fingerprint density at radius 2 is 2.22 bits per heavy atom. The van der Waals surface area contributed by atoms with Gasteiger partial charge < -0.3 is 10.3 Å². The van der Waals surface area contributed by atoms with Crippen LogP contribution < -0.4 is 10.9 Å². The Balaban J connectivity index is 2.24. The predicted molar refractivity (Wildman–Crippen MR) is 71.7 cm³/mol. The molecular weight excluding hydrogens is 298 g/mol. The van der Waals surface area contributed by atoms with E-state index < -0.39 is 11.5 Å². The van der Waals surface area contributed by atoms with Gasteiger partial charge in [-0.25, -0.2) is 4.98 Å². The Morgan fingerprint density at radius 3 is 2.89 bits per heavy atom. The van der Waals surface area contributed by atoms with Gasteiger partial charge in [0.2, 0.25) is 0 Å². The molecule has 92 valence electrons. The van der Waals surface area contributed by atoms with E-state index in [1.165, 1.54) is 12.5 Å². The minimum atomic E-state index is -0.486. The molecule has 0 spiro atoms. The van der Waals surface area contributed by atoms with Crippen molar-refractivity contribution in [2.75, 3.05) is 5.32 Å². The van der Waals surface area contributed by atoms with Gasteiger partial charge in [0.1, 0.15) is 5.56 Å². The molecule has 1 amide bonds. The number of amides is 1. The summed E-state index contributed by atoms with van der Waals surface area (Å²) in [7, 11) is 0. The number of aryl methyl sites for hydroxylation is 1. The molecule has 6 heteroatoms. The van der Waals surface area contributed by atoms with Crippen LogP contribution in [0.1, 0.15) is 15.9 Å². The second kappa shape index (κ2) is 5.14. The van der Waals surface area contributed by atoms with Gasteiger partial charge in [-0.3, -0.25) is 9.59 Å². The molecule has 1 heterocycles. The molecular formula is C12H10BrN3O2. The number of rotatable bonds is 2. The number of hydrogen-bond acceptors (Lipinski definition) is 3. The molecule has 0 radical (unpaired) electrons. The Morgan fingerprint density at radius 1 is 1.44 bits per heavy atom. The first-order chi connectivity index (χ1) is 8.58. The van der Waals surface area contributed by atoms with E-state index in [0.717, 1.165) is 10.0 Å². The van der Waals surface area contributed by atoms with Crippen LogP contribution in [0.15, 0.2) is 40.0 Å². The van der Waals surface area contributed by atoms with Crippen LogP contribution in [0, 0.1) is 6.92 Å². The molecule has 0 aliphatic carbocycles. The van der Waals surface area contributed by atoms with Gasteiger partial charge in [0.05, 0.1) is 6.33 Å². The van der Waals surface area contributed by atoms with Crippen molar-refractivity contribution in [1.82, 2.24) is 9.97 Å². The Labute approximate surface area is 111 Å². The molecule has 0 saturated heterocycles. The van der Waals surface area contributed by atoms with Crippen LogP contribution in [0.3, 0.4) is 0 Å². The zero-order valence-electron chi connectivity index (χ0n) is 9.53. The molecule has 2 rings (SSSR count). The van der Waals surface area contributed by atoms with Crippen LogP contribution in [0.4, 0.5) is 5.69 Å². The largest absolute Gasteiger partial charge is 0.322 e. The average molecular weight is 308 g/mol. The monoisotopic (exact) mass is 307 g/mol. The predicted octanol–water partition coefficient (Wildman–Crippen LogP) is 2.09. The standard InChI is InChI=1S/C12H10BrN3O2/c1-7-2-3-8(4-10(7)13)16-12(18)9-5-14-6-15-11(9)17/h2-6H,1H3,(H,16,18)(H,14,15,17). The number of anilines is 1. The third kappa shape index (κ3) is 2.65. The highest BCUT2D eigenvalue weighted by Crippen LogP contribution is 2.20. The van der Waals surface area contributed by atoms with E-state index >= 15 is 0 Å². The molecule has 1 aromatic carbocycles. The van der Waals surface area contributed by atoms with Crippen LogP contribution in [-0.4, -0.2) is 15.9 Å². The zero-order chi connectivity index (χ0) is 13.1. The van der Waals surface area contributed by atoms with Gasteiger partial charge >= 0.3 is 0 Å². The lowest BCUT2D eigenvalue weighted by atomic mass is 10.2. The van der Waals surface area contributed by atoms with Crippen molar-refractivity contribution in [3.8, 4) is 0 Å². The highest BCUT2D eigenvalue weighted by Gasteiger charge is 2.10. The second-order valence-electron chi connectivity index (χ2n) is 3.71. The number of H-pyrrole nitrogens is 1. The van der Waals surface area contributed by atoms with Crippen molar-refractivity contribution in [2.45, 2.75) is 6.92 Å². The summed E-state index contributed by atoms with van der Waals surface area (Å²) in [5, 5.41) is 2.64. The molecule has 5 nitrogen and oxygen atoms in total. The number of hydrogen-bond donors (Lipinski definition) is 2. The molecule has 0 aliphatic rings. The van der Waals surface area contributed by atoms with Crippen LogP contribution in [0.25, 0.3) is 0 Å². The third-order valence-corrected chi connectivity index (χ3v) is 3.25. The van der Waals surface area contributed by atoms with Gasteiger partial charge in [-0.05, 0) is 24.6 Å². The van der Waals surface area contributed by atoms with Gasteiger partial charge in [0, 0.05) is 16.4 Å². The lowest BCUT2D eigenvalue weighted by molar-refractivity contribution is 0.102. The van der Waals surface area contributed by atoms with E-state index in [4.69, 9.17) is 0 Å². The van der Waals surface area contributed by atoms with E-state index in [9.17, 15) is 9.59 Å². The summed E-state index contributed by atoms with van der Waals surface area (Å²) >= 11 is 3.38. The second-order valence-corrected chi connectivity index (χ2v) is 4.57. The first-order valence-corrected chi connectivity index (χ1v) is 5.97. The average Bonchev–Trinajstić information content (AvgIpc) is 2.34. The van der Waals surface area contributed by atoms with E-state index in [1.54, 1.807) is 12.1 Å². The summed E-state index contributed by atoms with van der Waals surface area (Å²) in [6.07, 6.45) is 2.47. The smallest absolute Gasteiger partial charge is 0.263 e. The first kappa shape index (κ1) is 12.5. The van der Waals surface area contributed by atoms with Gasteiger partial charge in [-0.1, -0.05) is 22.0 Å². The van der Waals surface area contributed by atoms with Gasteiger partial charge in [0.25, 0.3) is 11.5 Å². The van der Waals surface area contributed by atoms with Crippen molar-refractivity contribution in [3.05, 3.63) is 56.7 Å². The van der Waals surface area contributed by atoms with Crippen molar-refractivity contribution in [2.24, 2.45) is 0 Å². The fraction of sp³-hybridized carbons (Fsp3) is 0.0833. The number of carbonyl (C=O) groups excluding carboxylic acids is 1. The van der Waals surface area contributed by atoms with Gasteiger partial charge in [-0.15, -0.1) is 0 Å². The minimum Gasteiger partial charge on any atom is -0.322 e. The Bertz CT molecular complexity index is 652. The topological polar surface area (TPSA) is 74.8 Å². The first-order valence-electron chi connectivity index (χ1n) is 5.18. The highest BCUT2D eigenvalue weighted by atomic mass is 79.9. The van der Waals surface area contributed by atoms with Gasteiger partial charge in [0.15, 0.2) is 0 Å². The number of nitrogens with zero attached hydrogens (tertiary/aromatic N) is 1. The molecule has 0 atom stereocenters. The molecule has 2 N–H and O–H groups in total. The normalized spacial score (nSPS) is 10.1. The fourth-order valence-electron chi connectivity index (χ4n) is 1.37.